The highest BCUT2D eigenvalue weighted by atomic mass is 32.2. The van der Waals surface area contributed by atoms with Crippen molar-refractivity contribution in [3.05, 3.63) is 29.8 Å². The Kier molecular flexibility index (Phi) is 5.35. The van der Waals surface area contributed by atoms with E-state index in [0.29, 0.717) is 11.5 Å². The van der Waals surface area contributed by atoms with Crippen LogP contribution in [0.15, 0.2) is 29.2 Å². The minimum atomic E-state index is -3.49. The van der Waals surface area contributed by atoms with Crippen molar-refractivity contribution in [2.24, 2.45) is 11.7 Å². The molecular weight excluding hydrogens is 304 g/mol. The van der Waals surface area contributed by atoms with Crippen LogP contribution in [0.4, 0.5) is 0 Å². The molecule has 116 valence electrons. The van der Waals surface area contributed by atoms with Crippen LogP contribution in [0.1, 0.15) is 44.6 Å². The number of hydrogen-bond acceptors (Lipinski definition) is 3. The molecule has 6 heteroatoms. The molecule has 1 aliphatic rings. The minimum absolute atomic E-state index is 0.0211. The Labute approximate surface area is 132 Å². The molecule has 21 heavy (non-hydrogen) atoms. The number of nitrogens with two attached hydrogens (primary N) is 1. The topological polar surface area (TPSA) is 72.2 Å². The predicted molar refractivity (Wildman–Crippen MR) is 88.7 cm³/mol. The van der Waals surface area contributed by atoms with Crippen molar-refractivity contribution in [2.75, 3.05) is 0 Å². The molecule has 0 saturated heterocycles. The molecule has 4 nitrogen and oxygen atoms in total. The molecule has 0 aliphatic heterocycles. The van der Waals surface area contributed by atoms with E-state index >= 15 is 0 Å². The largest absolute Gasteiger partial charge is 0.389 e. The summed E-state index contributed by atoms with van der Waals surface area (Å²) in [7, 11) is -3.49. The predicted octanol–water partition coefficient (Wildman–Crippen LogP) is 2.57. The summed E-state index contributed by atoms with van der Waals surface area (Å²) in [6.45, 7) is 2.12. The van der Waals surface area contributed by atoms with Gasteiger partial charge in [0.2, 0.25) is 10.0 Å². The van der Waals surface area contributed by atoms with Crippen LogP contribution in [0.25, 0.3) is 0 Å². The molecule has 0 amide bonds. The Bertz CT molecular complexity index is 597. The third kappa shape index (κ3) is 4.25. The summed E-state index contributed by atoms with van der Waals surface area (Å²) in [6.07, 6.45) is 5.43. The lowest BCUT2D eigenvalue weighted by Gasteiger charge is -2.22. The van der Waals surface area contributed by atoms with E-state index in [2.05, 4.69) is 11.6 Å². The van der Waals surface area contributed by atoms with Crippen LogP contribution < -0.4 is 10.5 Å². The van der Waals surface area contributed by atoms with Crippen LogP contribution in [-0.4, -0.2) is 19.4 Å². The van der Waals surface area contributed by atoms with Gasteiger partial charge in [-0.3, -0.25) is 0 Å². The first-order chi connectivity index (χ1) is 9.90. The van der Waals surface area contributed by atoms with Crippen molar-refractivity contribution >= 4 is 27.2 Å². The van der Waals surface area contributed by atoms with Crippen LogP contribution in [0.5, 0.6) is 0 Å². The number of nitrogens with one attached hydrogen (secondary N) is 1. The number of thiocarbonyl (C=S) groups is 1. The molecular formula is C15H22N2O2S2. The zero-order chi connectivity index (χ0) is 15.5. The van der Waals surface area contributed by atoms with Crippen molar-refractivity contribution in [1.29, 1.82) is 0 Å². The van der Waals surface area contributed by atoms with Gasteiger partial charge in [-0.05, 0) is 30.9 Å². The van der Waals surface area contributed by atoms with E-state index in [4.69, 9.17) is 18.0 Å². The van der Waals surface area contributed by atoms with E-state index in [1.807, 2.05) is 0 Å². The molecule has 2 unspecified atom stereocenters. The van der Waals surface area contributed by atoms with Crippen LogP contribution in [0.2, 0.25) is 0 Å². The quantitative estimate of drug-likeness (QED) is 0.659. The van der Waals surface area contributed by atoms with Gasteiger partial charge in [0.25, 0.3) is 0 Å². The zero-order valence-corrected chi connectivity index (χ0v) is 13.8. The molecule has 0 spiro atoms. The third-order valence-electron chi connectivity index (χ3n) is 4.12. The summed E-state index contributed by atoms with van der Waals surface area (Å²) in [5, 5.41) is 0. The van der Waals surface area contributed by atoms with Crippen LogP contribution in [0.3, 0.4) is 0 Å². The zero-order valence-electron chi connectivity index (χ0n) is 12.2. The number of hydrogen-bond donors (Lipinski definition) is 2. The van der Waals surface area contributed by atoms with Crippen molar-refractivity contribution in [2.45, 2.75) is 50.0 Å². The first-order valence-corrected chi connectivity index (χ1v) is 9.21. The van der Waals surface area contributed by atoms with Gasteiger partial charge in [-0.1, -0.05) is 50.5 Å². The van der Waals surface area contributed by atoms with Gasteiger partial charge >= 0.3 is 0 Å². The van der Waals surface area contributed by atoms with E-state index in [-0.39, 0.29) is 15.9 Å². The van der Waals surface area contributed by atoms with Crippen molar-refractivity contribution in [3.63, 3.8) is 0 Å². The first kappa shape index (κ1) is 16.4. The Morgan fingerprint density at radius 2 is 1.81 bits per heavy atom. The third-order valence-corrected chi connectivity index (χ3v) is 5.86. The summed E-state index contributed by atoms with van der Waals surface area (Å²) in [4.78, 5) is 0.531. The lowest BCUT2D eigenvalue weighted by molar-refractivity contribution is 0.399. The standard InChI is InChI=1S/C15H22N2O2S2/c1-11-5-3-2-4-6-14(11)17-21(18,19)13-9-7-12(8-10-13)15(16)20/h7-11,14,17H,2-6H2,1H3,(H2,16,20). The highest BCUT2D eigenvalue weighted by Gasteiger charge is 2.25. The van der Waals surface area contributed by atoms with Crippen LogP contribution >= 0.6 is 12.2 Å². The normalized spacial score (nSPS) is 23.5. The monoisotopic (exact) mass is 326 g/mol. The molecule has 1 saturated carbocycles. The van der Waals surface area contributed by atoms with E-state index in [1.54, 1.807) is 24.3 Å². The van der Waals surface area contributed by atoms with E-state index in [1.165, 1.54) is 12.8 Å². The Morgan fingerprint density at radius 1 is 1.19 bits per heavy atom. The Hall–Kier alpha value is -0.980. The number of sulfonamides is 1. The van der Waals surface area contributed by atoms with Crippen molar-refractivity contribution in [1.82, 2.24) is 4.72 Å². The van der Waals surface area contributed by atoms with Gasteiger partial charge in [-0.25, -0.2) is 13.1 Å². The lowest BCUT2D eigenvalue weighted by Crippen LogP contribution is -2.38. The summed E-state index contributed by atoms with van der Waals surface area (Å²) in [6, 6.07) is 6.42. The van der Waals surface area contributed by atoms with E-state index < -0.39 is 10.0 Å². The van der Waals surface area contributed by atoms with Gasteiger partial charge in [-0.2, -0.15) is 0 Å². The maximum atomic E-state index is 12.5. The molecule has 1 aromatic carbocycles. The van der Waals surface area contributed by atoms with Gasteiger partial charge in [0.05, 0.1) is 4.90 Å². The number of rotatable bonds is 4. The first-order valence-electron chi connectivity index (χ1n) is 7.32. The smallest absolute Gasteiger partial charge is 0.240 e. The van der Waals surface area contributed by atoms with Gasteiger partial charge in [-0.15, -0.1) is 0 Å². The molecule has 1 aromatic rings. The van der Waals surface area contributed by atoms with Gasteiger partial charge in [0.15, 0.2) is 0 Å². The molecule has 0 radical (unpaired) electrons. The van der Waals surface area contributed by atoms with Crippen LogP contribution in [-0.2, 0) is 10.0 Å². The highest BCUT2D eigenvalue weighted by Crippen LogP contribution is 2.24. The summed E-state index contributed by atoms with van der Waals surface area (Å²) >= 11 is 4.87. The fourth-order valence-electron chi connectivity index (χ4n) is 2.73. The minimum Gasteiger partial charge on any atom is -0.389 e. The Balaban J connectivity index is 2.15. The van der Waals surface area contributed by atoms with E-state index in [9.17, 15) is 8.42 Å². The SMILES string of the molecule is CC1CCCCCC1NS(=O)(=O)c1ccc(C(N)=S)cc1. The molecule has 1 fully saturated rings. The molecule has 0 heterocycles. The Morgan fingerprint density at radius 3 is 2.43 bits per heavy atom. The maximum Gasteiger partial charge on any atom is 0.240 e. The second kappa shape index (κ2) is 6.85. The maximum absolute atomic E-state index is 12.5. The average Bonchev–Trinajstić information content (AvgIpc) is 2.64. The molecule has 0 bridgehead atoms. The van der Waals surface area contributed by atoms with Crippen molar-refractivity contribution in [3.8, 4) is 0 Å². The summed E-state index contributed by atoms with van der Waals surface area (Å²) in [5.41, 5.74) is 6.20. The average molecular weight is 326 g/mol. The summed E-state index contributed by atoms with van der Waals surface area (Å²) < 4.78 is 27.8. The van der Waals surface area contributed by atoms with E-state index in [0.717, 1.165) is 19.3 Å². The number of benzene rings is 1. The molecule has 1 aliphatic carbocycles. The highest BCUT2D eigenvalue weighted by molar-refractivity contribution is 7.89. The van der Waals surface area contributed by atoms with Crippen molar-refractivity contribution < 1.29 is 8.42 Å². The fourth-order valence-corrected chi connectivity index (χ4v) is 4.25. The molecule has 2 atom stereocenters. The molecule has 2 rings (SSSR count). The second-order valence-electron chi connectivity index (χ2n) is 5.73. The van der Waals surface area contributed by atoms with Gasteiger partial charge in [0.1, 0.15) is 4.99 Å². The fraction of sp³-hybridized carbons (Fsp3) is 0.533. The summed E-state index contributed by atoms with van der Waals surface area (Å²) in [5.74, 6) is 0.373. The van der Waals surface area contributed by atoms with Crippen LogP contribution in [0, 0.1) is 5.92 Å². The van der Waals surface area contributed by atoms with Gasteiger partial charge in [0, 0.05) is 11.6 Å². The molecule has 0 aromatic heterocycles. The molecule has 3 N–H and O–H groups in total. The second-order valence-corrected chi connectivity index (χ2v) is 7.89. The lowest BCUT2D eigenvalue weighted by atomic mass is 9.98. The van der Waals surface area contributed by atoms with Gasteiger partial charge < -0.3 is 5.73 Å².